The monoisotopic (exact) mass is 332 g/mol. The van der Waals surface area contributed by atoms with E-state index in [0.29, 0.717) is 26.0 Å². The highest BCUT2D eigenvalue weighted by molar-refractivity contribution is 5.80. The molecule has 4 rings (SSSR count). The summed E-state index contributed by atoms with van der Waals surface area (Å²) < 4.78 is 12.1. The largest absolute Gasteiger partial charge is 0.486 e. The van der Waals surface area contributed by atoms with Gasteiger partial charge in [0.05, 0.1) is 24.5 Å². The summed E-state index contributed by atoms with van der Waals surface area (Å²) in [4.78, 5) is 18.6. The zero-order chi connectivity index (χ0) is 16.6. The normalized spacial score (nSPS) is 35.7. The number of rotatable bonds is 3. The summed E-state index contributed by atoms with van der Waals surface area (Å²) in [5, 5.41) is 9.43. The van der Waals surface area contributed by atoms with Gasteiger partial charge in [-0.25, -0.2) is 0 Å². The Morgan fingerprint density at radius 3 is 3.08 bits per heavy atom. The van der Waals surface area contributed by atoms with Crippen molar-refractivity contribution in [1.29, 1.82) is 0 Å². The fourth-order valence-electron chi connectivity index (χ4n) is 4.11. The summed E-state index contributed by atoms with van der Waals surface area (Å²) in [7, 11) is 0. The standard InChI is InChI=1S/C18H24N2O4/c21-14-7-13(8-14)17(22)20-6-2-4-18(12-20)9-16(11-23-18)24-15-3-1-5-19-10-15/h1,3,5,10,13-14,16,21H,2,4,6-9,11-12H2/t13?,14?,16-,18-/m0/s1. The first kappa shape index (κ1) is 15.8. The maximum Gasteiger partial charge on any atom is 0.225 e. The Kier molecular flexibility index (Phi) is 4.18. The molecule has 0 radical (unpaired) electrons. The van der Waals surface area contributed by atoms with Crippen LogP contribution in [0.4, 0.5) is 0 Å². The van der Waals surface area contributed by atoms with E-state index in [2.05, 4.69) is 4.98 Å². The summed E-state index contributed by atoms with van der Waals surface area (Å²) >= 11 is 0. The van der Waals surface area contributed by atoms with Crippen LogP contribution in [0.2, 0.25) is 0 Å². The van der Waals surface area contributed by atoms with Crippen molar-refractivity contribution in [3.63, 3.8) is 0 Å². The van der Waals surface area contributed by atoms with Crippen LogP contribution in [0.3, 0.4) is 0 Å². The number of carbonyl (C=O) groups excluding carboxylic acids is 1. The molecule has 3 aliphatic rings. The molecule has 6 nitrogen and oxygen atoms in total. The number of nitrogens with zero attached hydrogens (tertiary/aromatic N) is 2. The van der Waals surface area contributed by atoms with E-state index in [4.69, 9.17) is 9.47 Å². The number of likely N-dealkylation sites (tertiary alicyclic amines) is 1. The van der Waals surface area contributed by atoms with Crippen LogP contribution in [-0.2, 0) is 9.53 Å². The van der Waals surface area contributed by atoms with Crippen LogP contribution in [-0.4, -0.2) is 58.4 Å². The molecule has 2 aliphatic heterocycles. The summed E-state index contributed by atoms with van der Waals surface area (Å²) in [5.41, 5.74) is -0.275. The number of ether oxygens (including phenoxy) is 2. The van der Waals surface area contributed by atoms with Crippen molar-refractivity contribution in [3.05, 3.63) is 24.5 Å². The molecule has 3 fully saturated rings. The average molecular weight is 332 g/mol. The molecule has 1 aromatic heterocycles. The third kappa shape index (κ3) is 3.13. The Labute approximate surface area is 141 Å². The van der Waals surface area contributed by atoms with Crippen molar-refractivity contribution in [1.82, 2.24) is 9.88 Å². The van der Waals surface area contributed by atoms with Gasteiger partial charge in [-0.1, -0.05) is 0 Å². The number of aromatic nitrogens is 1. The molecule has 0 bridgehead atoms. The number of aliphatic hydroxyl groups is 1. The first-order chi connectivity index (χ1) is 11.6. The number of hydrogen-bond acceptors (Lipinski definition) is 5. The van der Waals surface area contributed by atoms with Gasteiger partial charge in [0.25, 0.3) is 0 Å². The van der Waals surface area contributed by atoms with Gasteiger partial charge in [0, 0.05) is 31.6 Å². The Balaban J connectivity index is 1.36. The second kappa shape index (κ2) is 6.33. The minimum absolute atomic E-state index is 0.000932. The van der Waals surface area contributed by atoms with Crippen LogP contribution in [0.15, 0.2) is 24.5 Å². The fraction of sp³-hybridized carbons (Fsp3) is 0.667. The lowest BCUT2D eigenvalue weighted by molar-refractivity contribution is -0.150. The number of aliphatic hydroxyl groups excluding tert-OH is 1. The highest BCUT2D eigenvalue weighted by Crippen LogP contribution is 2.38. The zero-order valence-electron chi connectivity index (χ0n) is 13.8. The zero-order valence-corrected chi connectivity index (χ0v) is 13.8. The topological polar surface area (TPSA) is 71.9 Å². The van der Waals surface area contributed by atoms with Crippen LogP contribution in [0, 0.1) is 5.92 Å². The summed E-state index contributed by atoms with van der Waals surface area (Å²) in [5.74, 6) is 0.939. The molecule has 1 N–H and O–H groups in total. The van der Waals surface area contributed by atoms with E-state index >= 15 is 0 Å². The minimum Gasteiger partial charge on any atom is -0.486 e. The smallest absolute Gasteiger partial charge is 0.225 e. The first-order valence-electron chi connectivity index (χ1n) is 8.81. The molecule has 2 saturated heterocycles. The van der Waals surface area contributed by atoms with Crippen LogP contribution in [0.25, 0.3) is 0 Å². The van der Waals surface area contributed by atoms with E-state index in [0.717, 1.165) is 31.6 Å². The van der Waals surface area contributed by atoms with Crippen molar-refractivity contribution in [3.8, 4) is 5.75 Å². The van der Waals surface area contributed by atoms with Crippen molar-refractivity contribution in [2.45, 2.75) is 49.9 Å². The number of piperidine rings is 1. The third-order valence-corrected chi connectivity index (χ3v) is 5.43. The van der Waals surface area contributed by atoms with Crippen molar-refractivity contribution in [2.75, 3.05) is 19.7 Å². The Morgan fingerprint density at radius 1 is 1.46 bits per heavy atom. The number of pyridine rings is 1. The first-order valence-corrected chi connectivity index (χ1v) is 8.81. The van der Waals surface area contributed by atoms with Crippen LogP contribution in [0.5, 0.6) is 5.75 Å². The molecular weight excluding hydrogens is 308 g/mol. The van der Waals surface area contributed by atoms with Crippen LogP contribution in [0.1, 0.15) is 32.1 Å². The molecule has 1 saturated carbocycles. The fourth-order valence-corrected chi connectivity index (χ4v) is 4.11. The molecule has 1 amide bonds. The second-order valence-corrected chi connectivity index (χ2v) is 7.31. The van der Waals surface area contributed by atoms with Gasteiger partial charge in [0.1, 0.15) is 11.9 Å². The molecule has 3 heterocycles. The Hall–Kier alpha value is -1.66. The van der Waals surface area contributed by atoms with Crippen molar-refractivity contribution < 1.29 is 19.4 Å². The molecule has 0 aromatic carbocycles. The summed E-state index contributed by atoms with van der Waals surface area (Å²) in [6, 6.07) is 3.76. The van der Waals surface area contributed by atoms with Gasteiger partial charge in [-0.15, -0.1) is 0 Å². The highest BCUT2D eigenvalue weighted by Gasteiger charge is 2.47. The average Bonchev–Trinajstić information content (AvgIpc) is 2.94. The highest BCUT2D eigenvalue weighted by atomic mass is 16.6. The van der Waals surface area contributed by atoms with Gasteiger partial charge in [-0.3, -0.25) is 9.78 Å². The van der Waals surface area contributed by atoms with Crippen LogP contribution >= 0.6 is 0 Å². The van der Waals surface area contributed by atoms with E-state index in [1.54, 1.807) is 12.4 Å². The SMILES string of the molecule is O=C(C1CC(O)C1)N1CCC[C@]2(C[C@H](Oc3cccnc3)CO2)C1. The van der Waals surface area contributed by atoms with Gasteiger partial charge < -0.3 is 19.5 Å². The lowest BCUT2D eigenvalue weighted by Gasteiger charge is -2.42. The van der Waals surface area contributed by atoms with Gasteiger partial charge >= 0.3 is 0 Å². The van der Waals surface area contributed by atoms with E-state index < -0.39 is 0 Å². The Morgan fingerprint density at radius 2 is 2.33 bits per heavy atom. The number of amides is 1. The van der Waals surface area contributed by atoms with Crippen LogP contribution < -0.4 is 4.74 Å². The second-order valence-electron chi connectivity index (χ2n) is 7.31. The predicted molar refractivity (Wildman–Crippen MR) is 86.5 cm³/mol. The molecular formula is C18H24N2O4. The quantitative estimate of drug-likeness (QED) is 0.905. The predicted octanol–water partition coefficient (Wildman–Crippen LogP) is 1.38. The summed E-state index contributed by atoms with van der Waals surface area (Å²) in [6.07, 6.45) is 7.10. The third-order valence-electron chi connectivity index (χ3n) is 5.43. The van der Waals surface area contributed by atoms with E-state index in [9.17, 15) is 9.90 Å². The van der Waals surface area contributed by atoms with E-state index in [1.165, 1.54) is 0 Å². The minimum atomic E-state index is -0.294. The molecule has 1 aliphatic carbocycles. The van der Waals surface area contributed by atoms with Gasteiger partial charge in [0.15, 0.2) is 0 Å². The molecule has 130 valence electrons. The van der Waals surface area contributed by atoms with Gasteiger partial charge in [-0.2, -0.15) is 0 Å². The maximum atomic E-state index is 12.6. The number of hydrogen-bond donors (Lipinski definition) is 1. The van der Waals surface area contributed by atoms with Gasteiger partial charge in [-0.05, 0) is 37.8 Å². The summed E-state index contributed by atoms with van der Waals surface area (Å²) in [6.45, 7) is 2.00. The lowest BCUT2D eigenvalue weighted by atomic mass is 9.80. The Bertz CT molecular complexity index is 590. The maximum absolute atomic E-state index is 12.6. The van der Waals surface area contributed by atoms with Crippen molar-refractivity contribution >= 4 is 5.91 Å². The van der Waals surface area contributed by atoms with E-state index in [1.807, 2.05) is 17.0 Å². The molecule has 24 heavy (non-hydrogen) atoms. The molecule has 0 unspecified atom stereocenters. The van der Waals surface area contributed by atoms with Crippen molar-refractivity contribution in [2.24, 2.45) is 5.92 Å². The molecule has 1 aromatic rings. The molecule has 2 atom stereocenters. The van der Waals surface area contributed by atoms with Gasteiger partial charge in [0.2, 0.25) is 5.91 Å². The molecule has 1 spiro atoms. The van der Waals surface area contributed by atoms with E-state index in [-0.39, 0.29) is 29.6 Å². The lowest BCUT2D eigenvalue weighted by Crippen LogP contribution is -2.53. The molecule has 6 heteroatoms. The number of carbonyl (C=O) groups is 1.